The Kier molecular flexibility index (Phi) is 4.95. The highest BCUT2D eigenvalue weighted by Crippen LogP contribution is 2.23. The first kappa shape index (κ1) is 12.0. The average Bonchev–Trinajstić information content (AvgIpc) is 2.62. The predicted molar refractivity (Wildman–Crippen MR) is 61.4 cm³/mol. The van der Waals surface area contributed by atoms with Gasteiger partial charge in [-0.1, -0.05) is 23.4 Å². The van der Waals surface area contributed by atoms with Crippen LogP contribution in [0, 0.1) is 0 Å². The van der Waals surface area contributed by atoms with E-state index in [-0.39, 0.29) is 12.4 Å². The molecule has 0 aliphatic carbocycles. The Morgan fingerprint density at radius 3 is 2.71 bits per heavy atom. The molecule has 6 heteroatoms. The third kappa shape index (κ3) is 3.28. The van der Waals surface area contributed by atoms with Crippen molar-refractivity contribution >= 4 is 35.8 Å². The average molecular weight is 252 g/mol. The van der Waals surface area contributed by atoms with Crippen LogP contribution in [0.25, 0.3) is 0 Å². The van der Waals surface area contributed by atoms with Crippen LogP contribution in [-0.2, 0) is 0 Å². The molecule has 3 nitrogen and oxygen atoms in total. The molecule has 2 heterocycles. The number of nitrogens with one attached hydrogen (secondary N) is 1. The summed E-state index contributed by atoms with van der Waals surface area (Å²) < 4.78 is 0. The smallest absolute Gasteiger partial charge is 0.187 e. The summed E-state index contributed by atoms with van der Waals surface area (Å²) in [5.41, 5.74) is 0. The SMILES string of the molecule is Cl.Clc1cnc(SC2CCNC2)nc1. The van der Waals surface area contributed by atoms with Gasteiger partial charge in [0.05, 0.1) is 17.4 Å². The molecule has 1 unspecified atom stereocenters. The number of hydrogen-bond donors (Lipinski definition) is 1. The van der Waals surface area contributed by atoms with E-state index >= 15 is 0 Å². The normalized spacial score (nSPS) is 20.5. The van der Waals surface area contributed by atoms with Gasteiger partial charge in [-0.05, 0) is 13.0 Å². The predicted octanol–water partition coefficient (Wildman–Crippen LogP) is 2.01. The third-order valence-electron chi connectivity index (χ3n) is 1.88. The summed E-state index contributed by atoms with van der Waals surface area (Å²) in [6, 6.07) is 0. The van der Waals surface area contributed by atoms with E-state index in [9.17, 15) is 0 Å². The van der Waals surface area contributed by atoms with Crippen LogP contribution in [0.3, 0.4) is 0 Å². The number of rotatable bonds is 2. The van der Waals surface area contributed by atoms with Gasteiger partial charge < -0.3 is 5.32 Å². The van der Waals surface area contributed by atoms with Gasteiger partial charge in [-0.15, -0.1) is 12.4 Å². The molecule has 1 aliphatic heterocycles. The third-order valence-corrected chi connectivity index (χ3v) is 3.24. The van der Waals surface area contributed by atoms with Crippen LogP contribution in [0.5, 0.6) is 0 Å². The summed E-state index contributed by atoms with van der Waals surface area (Å²) in [6.07, 6.45) is 4.47. The molecule has 1 saturated heterocycles. The summed E-state index contributed by atoms with van der Waals surface area (Å²) in [6.45, 7) is 2.15. The minimum atomic E-state index is 0. The summed E-state index contributed by atoms with van der Waals surface area (Å²) >= 11 is 7.40. The quantitative estimate of drug-likeness (QED) is 0.817. The minimum absolute atomic E-state index is 0. The van der Waals surface area contributed by atoms with Gasteiger partial charge in [0, 0.05) is 11.8 Å². The van der Waals surface area contributed by atoms with Crippen LogP contribution < -0.4 is 5.32 Å². The fraction of sp³-hybridized carbons (Fsp3) is 0.500. The van der Waals surface area contributed by atoms with Crippen LogP contribution in [-0.4, -0.2) is 28.3 Å². The van der Waals surface area contributed by atoms with Gasteiger partial charge in [-0.2, -0.15) is 0 Å². The first-order valence-corrected chi connectivity index (χ1v) is 5.45. The standard InChI is InChI=1S/C8H10ClN3S.ClH/c9-6-3-11-8(12-4-6)13-7-1-2-10-5-7;/h3-4,7,10H,1-2,5H2;1H. The van der Waals surface area contributed by atoms with Crippen LogP contribution in [0.15, 0.2) is 17.6 Å². The largest absolute Gasteiger partial charge is 0.316 e. The Morgan fingerprint density at radius 1 is 1.43 bits per heavy atom. The van der Waals surface area contributed by atoms with Crippen molar-refractivity contribution in [3.05, 3.63) is 17.4 Å². The molecule has 2 rings (SSSR count). The second-order valence-corrected chi connectivity index (χ2v) is 4.62. The molecule has 1 aromatic heterocycles. The molecule has 0 bridgehead atoms. The van der Waals surface area contributed by atoms with Crippen LogP contribution >= 0.6 is 35.8 Å². The van der Waals surface area contributed by atoms with Gasteiger partial charge in [-0.25, -0.2) is 9.97 Å². The van der Waals surface area contributed by atoms with Crippen molar-refractivity contribution in [1.29, 1.82) is 0 Å². The second kappa shape index (κ2) is 5.75. The Labute approximate surface area is 98.5 Å². The molecule has 0 aromatic carbocycles. The lowest BCUT2D eigenvalue weighted by atomic mass is 10.4. The molecule has 78 valence electrons. The summed E-state index contributed by atoms with van der Waals surface area (Å²) in [5, 5.41) is 5.32. The van der Waals surface area contributed by atoms with Gasteiger partial charge >= 0.3 is 0 Å². The zero-order valence-corrected chi connectivity index (χ0v) is 9.83. The van der Waals surface area contributed by atoms with Gasteiger partial charge in [0.2, 0.25) is 0 Å². The van der Waals surface area contributed by atoms with Crippen LogP contribution in [0.1, 0.15) is 6.42 Å². The van der Waals surface area contributed by atoms with Gasteiger partial charge in [0.1, 0.15) is 0 Å². The van der Waals surface area contributed by atoms with E-state index in [1.54, 1.807) is 24.2 Å². The Hall–Kier alpha value is -0.0300. The van der Waals surface area contributed by atoms with Crippen molar-refractivity contribution in [3.63, 3.8) is 0 Å². The molecule has 0 amide bonds. The number of nitrogens with zero attached hydrogens (tertiary/aromatic N) is 2. The van der Waals surface area contributed by atoms with E-state index < -0.39 is 0 Å². The highest BCUT2D eigenvalue weighted by Gasteiger charge is 2.16. The topological polar surface area (TPSA) is 37.8 Å². The highest BCUT2D eigenvalue weighted by atomic mass is 35.5. The molecule has 1 aromatic rings. The fourth-order valence-corrected chi connectivity index (χ4v) is 2.30. The molecule has 1 fully saturated rings. The second-order valence-electron chi connectivity index (χ2n) is 2.92. The summed E-state index contributed by atoms with van der Waals surface area (Å²) in [5.74, 6) is 0. The van der Waals surface area contributed by atoms with Gasteiger partial charge in [0.15, 0.2) is 5.16 Å². The van der Waals surface area contributed by atoms with Crippen LogP contribution in [0.4, 0.5) is 0 Å². The van der Waals surface area contributed by atoms with E-state index in [0.717, 1.165) is 18.2 Å². The lowest BCUT2D eigenvalue weighted by Gasteiger charge is -2.04. The van der Waals surface area contributed by atoms with Crippen molar-refractivity contribution < 1.29 is 0 Å². The van der Waals surface area contributed by atoms with Gasteiger partial charge in [-0.3, -0.25) is 0 Å². The van der Waals surface area contributed by atoms with E-state index in [2.05, 4.69) is 15.3 Å². The van der Waals surface area contributed by atoms with Crippen molar-refractivity contribution in [2.75, 3.05) is 13.1 Å². The van der Waals surface area contributed by atoms with Crippen molar-refractivity contribution in [2.45, 2.75) is 16.8 Å². The van der Waals surface area contributed by atoms with Crippen molar-refractivity contribution in [3.8, 4) is 0 Å². The monoisotopic (exact) mass is 251 g/mol. The lowest BCUT2D eigenvalue weighted by molar-refractivity contribution is 0.857. The van der Waals surface area contributed by atoms with Gasteiger partial charge in [0.25, 0.3) is 0 Å². The molecule has 0 saturated carbocycles. The van der Waals surface area contributed by atoms with E-state index in [4.69, 9.17) is 11.6 Å². The zero-order chi connectivity index (χ0) is 9.10. The Morgan fingerprint density at radius 2 is 2.14 bits per heavy atom. The number of hydrogen-bond acceptors (Lipinski definition) is 4. The Bertz CT molecular complexity index is 274. The molecular weight excluding hydrogens is 241 g/mol. The minimum Gasteiger partial charge on any atom is -0.316 e. The number of halogens is 2. The molecule has 1 aliphatic rings. The molecule has 1 N–H and O–H groups in total. The maximum absolute atomic E-state index is 5.68. The maximum Gasteiger partial charge on any atom is 0.187 e. The first-order chi connectivity index (χ1) is 6.34. The number of thioether (sulfide) groups is 1. The van der Waals surface area contributed by atoms with E-state index in [1.165, 1.54) is 6.42 Å². The van der Waals surface area contributed by atoms with Crippen molar-refractivity contribution in [2.24, 2.45) is 0 Å². The molecular formula is C8H11Cl2N3S. The van der Waals surface area contributed by atoms with E-state index in [0.29, 0.717) is 10.3 Å². The maximum atomic E-state index is 5.68. The van der Waals surface area contributed by atoms with Crippen LogP contribution in [0.2, 0.25) is 5.02 Å². The van der Waals surface area contributed by atoms with E-state index in [1.807, 2.05) is 0 Å². The fourth-order valence-electron chi connectivity index (χ4n) is 1.24. The first-order valence-electron chi connectivity index (χ1n) is 4.19. The Balaban J connectivity index is 0.000000980. The molecule has 14 heavy (non-hydrogen) atoms. The lowest BCUT2D eigenvalue weighted by Crippen LogP contribution is -2.10. The zero-order valence-electron chi connectivity index (χ0n) is 7.44. The van der Waals surface area contributed by atoms with Crippen molar-refractivity contribution in [1.82, 2.24) is 15.3 Å². The number of aromatic nitrogens is 2. The summed E-state index contributed by atoms with van der Waals surface area (Å²) in [7, 11) is 0. The summed E-state index contributed by atoms with van der Waals surface area (Å²) in [4.78, 5) is 8.27. The molecule has 0 radical (unpaired) electrons. The molecule has 1 atom stereocenters. The highest BCUT2D eigenvalue weighted by molar-refractivity contribution is 7.99. The molecule has 0 spiro atoms.